The average Bonchev–Trinajstić information content (AvgIpc) is 3.48. The number of nitrogens with zero attached hydrogens (tertiary/aromatic N) is 2. The Hall–Kier alpha value is -2.05. The van der Waals surface area contributed by atoms with Gasteiger partial charge in [-0.05, 0) is 41.5 Å². The van der Waals surface area contributed by atoms with Gasteiger partial charge in [0.2, 0.25) is 0 Å². The van der Waals surface area contributed by atoms with Crippen LogP contribution in [0.5, 0.6) is 0 Å². The molecule has 2 aliphatic carbocycles. The van der Waals surface area contributed by atoms with Gasteiger partial charge in [0, 0.05) is 37.2 Å². The molecule has 2 heterocycles. The van der Waals surface area contributed by atoms with Crippen molar-refractivity contribution in [3.05, 3.63) is 86.9 Å². The van der Waals surface area contributed by atoms with Crippen LogP contribution in [0.3, 0.4) is 0 Å². The van der Waals surface area contributed by atoms with Crippen LogP contribution >= 0.6 is 11.3 Å². The normalized spacial score (nSPS) is 26.5. The van der Waals surface area contributed by atoms with Gasteiger partial charge in [-0.2, -0.15) is 0 Å². The molecule has 2 aromatic carbocycles. The van der Waals surface area contributed by atoms with Gasteiger partial charge in [-0.15, -0.1) is 11.3 Å². The van der Waals surface area contributed by atoms with Crippen molar-refractivity contribution in [1.29, 1.82) is 0 Å². The third-order valence-corrected chi connectivity index (χ3v) is 8.76. The van der Waals surface area contributed by atoms with E-state index in [1.165, 1.54) is 40.0 Å². The van der Waals surface area contributed by atoms with Crippen LogP contribution in [0.2, 0.25) is 0 Å². The Morgan fingerprint density at radius 2 is 1.63 bits per heavy atom. The Labute approximate surface area is 180 Å². The van der Waals surface area contributed by atoms with Gasteiger partial charge in [-0.1, -0.05) is 48.5 Å². The van der Waals surface area contributed by atoms with Gasteiger partial charge >= 0.3 is 0 Å². The Balaban J connectivity index is 1.27. The molecule has 5 heteroatoms. The van der Waals surface area contributed by atoms with Crippen LogP contribution in [-0.4, -0.2) is 39.7 Å². The molecule has 0 radical (unpaired) electrons. The molecule has 6 rings (SSSR count). The second-order valence-electron chi connectivity index (χ2n) is 9.10. The minimum Gasteiger partial charge on any atom is -0.389 e. The van der Waals surface area contributed by atoms with Crippen molar-refractivity contribution >= 4 is 11.3 Å². The maximum atomic E-state index is 11.2. The van der Waals surface area contributed by atoms with Crippen molar-refractivity contribution in [2.24, 2.45) is 0 Å². The number of piperidine rings is 1. The summed E-state index contributed by atoms with van der Waals surface area (Å²) < 4.78 is 0. The first-order valence-electron chi connectivity index (χ1n) is 10.8. The molecule has 3 aromatic rings. The van der Waals surface area contributed by atoms with E-state index in [4.69, 9.17) is 0 Å². The molecule has 1 saturated heterocycles. The highest BCUT2D eigenvalue weighted by atomic mass is 32.1. The van der Waals surface area contributed by atoms with E-state index in [1.807, 2.05) is 0 Å². The number of hydrogen-bond donors (Lipinski definition) is 2. The van der Waals surface area contributed by atoms with Gasteiger partial charge in [0.15, 0.2) is 0 Å². The molecule has 1 aliphatic heterocycles. The molecule has 0 atom stereocenters. The zero-order valence-corrected chi connectivity index (χ0v) is 17.7. The summed E-state index contributed by atoms with van der Waals surface area (Å²) in [6.07, 6.45) is 4.34. The highest BCUT2D eigenvalue weighted by Crippen LogP contribution is 2.60. The predicted octanol–water partition coefficient (Wildman–Crippen LogP) is 3.75. The van der Waals surface area contributed by atoms with Gasteiger partial charge in [0.25, 0.3) is 0 Å². The zero-order chi connectivity index (χ0) is 20.3. The van der Waals surface area contributed by atoms with E-state index < -0.39 is 5.60 Å². The average molecular weight is 419 g/mol. The van der Waals surface area contributed by atoms with Gasteiger partial charge < -0.3 is 15.1 Å². The second-order valence-corrected chi connectivity index (χ2v) is 10.2. The Bertz CT molecular complexity index is 1050. The van der Waals surface area contributed by atoms with Crippen LogP contribution < -0.4 is 0 Å². The summed E-state index contributed by atoms with van der Waals surface area (Å²) in [5, 5.41) is 21.2. The third kappa shape index (κ3) is 2.59. The fourth-order valence-corrected chi connectivity index (χ4v) is 7.04. The van der Waals surface area contributed by atoms with Crippen molar-refractivity contribution in [2.75, 3.05) is 19.6 Å². The summed E-state index contributed by atoms with van der Waals surface area (Å²) in [6.45, 7) is 2.70. The summed E-state index contributed by atoms with van der Waals surface area (Å²) in [6, 6.07) is 18.0. The van der Waals surface area contributed by atoms with Crippen LogP contribution in [0.4, 0.5) is 0 Å². The lowest BCUT2D eigenvalue weighted by Gasteiger charge is -2.42. The smallest absolute Gasteiger partial charge is 0.118 e. The van der Waals surface area contributed by atoms with Crippen LogP contribution in [0.1, 0.15) is 57.3 Å². The number of thiazole rings is 1. The van der Waals surface area contributed by atoms with E-state index in [9.17, 15) is 10.2 Å². The number of aliphatic hydroxyl groups is 2. The van der Waals surface area contributed by atoms with Crippen LogP contribution in [0.15, 0.2) is 54.7 Å². The molecular formula is C25H26N2O2S. The minimum absolute atomic E-state index is 0.0601. The van der Waals surface area contributed by atoms with Gasteiger partial charge in [-0.25, -0.2) is 4.98 Å². The summed E-state index contributed by atoms with van der Waals surface area (Å²) in [5.41, 5.74) is 5.27. The lowest BCUT2D eigenvalue weighted by molar-refractivity contribution is -0.0262. The zero-order valence-electron chi connectivity index (χ0n) is 16.9. The lowest BCUT2D eigenvalue weighted by atomic mass is 9.74. The molecule has 30 heavy (non-hydrogen) atoms. The van der Waals surface area contributed by atoms with Crippen molar-refractivity contribution in [3.8, 4) is 0 Å². The number of rotatable bonds is 4. The quantitative estimate of drug-likeness (QED) is 0.678. The molecule has 2 bridgehead atoms. The van der Waals surface area contributed by atoms with E-state index in [0.29, 0.717) is 23.8 Å². The van der Waals surface area contributed by atoms with E-state index in [0.717, 1.165) is 24.5 Å². The molecule has 1 fully saturated rings. The highest BCUT2D eigenvalue weighted by molar-refractivity contribution is 7.11. The monoisotopic (exact) mass is 418 g/mol. The largest absolute Gasteiger partial charge is 0.389 e. The Morgan fingerprint density at radius 3 is 2.23 bits per heavy atom. The molecule has 0 unspecified atom stereocenters. The molecule has 3 aliphatic rings. The predicted molar refractivity (Wildman–Crippen MR) is 118 cm³/mol. The standard InChI is InChI=1S/C25H26N2O2S/c28-15-23-26-14-22(30-23)25(29)9-11-27(12-10-25)16-24-13-19(17-5-1-3-7-20(17)24)18-6-2-4-8-21(18)24/h1-8,14,19,28-29H,9-13,15-16H2. The van der Waals surface area contributed by atoms with E-state index in [1.54, 1.807) is 6.20 Å². The first-order valence-corrected chi connectivity index (χ1v) is 11.6. The molecular weight excluding hydrogens is 392 g/mol. The molecule has 4 nitrogen and oxygen atoms in total. The first kappa shape index (κ1) is 18.7. The van der Waals surface area contributed by atoms with Crippen molar-refractivity contribution < 1.29 is 10.2 Å². The number of hydrogen-bond acceptors (Lipinski definition) is 5. The maximum absolute atomic E-state index is 11.2. The number of aliphatic hydroxyl groups excluding tert-OH is 1. The molecule has 0 saturated carbocycles. The topological polar surface area (TPSA) is 56.6 Å². The summed E-state index contributed by atoms with van der Waals surface area (Å²) in [7, 11) is 0. The van der Waals surface area contributed by atoms with Gasteiger partial charge in [0.1, 0.15) is 10.6 Å². The molecule has 154 valence electrons. The Morgan fingerprint density at radius 1 is 1.00 bits per heavy atom. The molecule has 0 amide bonds. The maximum Gasteiger partial charge on any atom is 0.118 e. The van der Waals surface area contributed by atoms with Crippen LogP contribution in [-0.2, 0) is 17.6 Å². The number of likely N-dealkylation sites (tertiary alicyclic amines) is 1. The van der Waals surface area contributed by atoms with Crippen molar-refractivity contribution in [1.82, 2.24) is 9.88 Å². The number of fused-ring (bicyclic) bond motifs is 8. The van der Waals surface area contributed by atoms with Gasteiger partial charge in [0.05, 0.1) is 11.5 Å². The van der Waals surface area contributed by atoms with Gasteiger partial charge in [-0.3, -0.25) is 0 Å². The van der Waals surface area contributed by atoms with E-state index >= 15 is 0 Å². The highest BCUT2D eigenvalue weighted by Gasteiger charge is 2.53. The van der Waals surface area contributed by atoms with Crippen LogP contribution in [0, 0.1) is 0 Å². The van der Waals surface area contributed by atoms with E-state index in [2.05, 4.69) is 58.4 Å². The molecule has 0 spiro atoms. The first-order chi connectivity index (χ1) is 14.6. The number of aromatic nitrogens is 1. The fourth-order valence-electron chi connectivity index (χ4n) is 6.12. The molecule has 2 N–H and O–H groups in total. The fraction of sp³-hybridized carbons (Fsp3) is 0.400. The lowest BCUT2D eigenvalue weighted by Crippen LogP contribution is -2.47. The van der Waals surface area contributed by atoms with Crippen LogP contribution in [0.25, 0.3) is 0 Å². The summed E-state index contributed by atoms with van der Waals surface area (Å²) in [5.74, 6) is 0.521. The minimum atomic E-state index is -0.817. The third-order valence-electron chi connectivity index (χ3n) is 7.58. The van der Waals surface area contributed by atoms with E-state index in [-0.39, 0.29) is 12.0 Å². The number of benzene rings is 2. The molecule has 1 aromatic heterocycles. The SMILES string of the molecule is OCc1ncc(C2(O)CCN(CC34CC(c5ccccc53)c3ccccc34)CC2)s1. The van der Waals surface area contributed by atoms with Crippen molar-refractivity contribution in [3.63, 3.8) is 0 Å². The second kappa shape index (κ2) is 6.72. The van der Waals surface area contributed by atoms with Crippen molar-refractivity contribution in [2.45, 2.75) is 42.8 Å². The summed E-state index contributed by atoms with van der Waals surface area (Å²) in [4.78, 5) is 7.67. The Kier molecular flexibility index (Phi) is 4.19. The summed E-state index contributed by atoms with van der Waals surface area (Å²) >= 11 is 1.43.